The molecule has 0 aliphatic rings. The van der Waals surface area contributed by atoms with Crippen LogP contribution in [-0.4, -0.2) is 30.2 Å². The number of nitro benzene ring substituents is 1. The number of esters is 1. The highest BCUT2D eigenvalue weighted by molar-refractivity contribution is 5.92. The molecule has 0 aromatic heterocycles. The van der Waals surface area contributed by atoms with Crippen molar-refractivity contribution in [3.8, 4) is 11.5 Å². The number of nitrogens with zero attached hydrogens (tertiary/aromatic N) is 2. The van der Waals surface area contributed by atoms with Crippen molar-refractivity contribution in [2.45, 2.75) is 6.92 Å². The number of urea groups is 1. The molecule has 2 aromatic carbocycles. The van der Waals surface area contributed by atoms with Crippen LogP contribution in [0.1, 0.15) is 12.5 Å². The number of amides is 2. The Labute approximate surface area is 153 Å². The highest BCUT2D eigenvalue weighted by atomic mass is 16.6. The summed E-state index contributed by atoms with van der Waals surface area (Å²) in [5, 5.41) is 17.6. The largest absolute Gasteiger partial charge is 0.488 e. The van der Waals surface area contributed by atoms with Crippen molar-refractivity contribution in [3.05, 3.63) is 58.1 Å². The second-order valence-corrected chi connectivity index (χ2v) is 5.08. The SMILES string of the molecule is COc1c(OC(C)=O)ccc(C=NNC(=O)Nc2ccccc2)c1[N+](=O)[O-]. The van der Waals surface area contributed by atoms with E-state index in [0.29, 0.717) is 5.69 Å². The van der Waals surface area contributed by atoms with Crippen LogP contribution in [0, 0.1) is 10.1 Å². The molecule has 0 bridgehead atoms. The second-order valence-electron chi connectivity index (χ2n) is 5.08. The number of hydrogen-bond acceptors (Lipinski definition) is 7. The molecule has 0 heterocycles. The van der Waals surface area contributed by atoms with Gasteiger partial charge in [-0.25, -0.2) is 10.2 Å². The van der Waals surface area contributed by atoms with Crippen molar-refractivity contribution in [2.24, 2.45) is 5.10 Å². The molecular formula is C17H16N4O6. The Balaban J connectivity index is 2.19. The van der Waals surface area contributed by atoms with Crippen LogP contribution in [0.5, 0.6) is 11.5 Å². The van der Waals surface area contributed by atoms with Crippen molar-refractivity contribution >= 4 is 29.6 Å². The van der Waals surface area contributed by atoms with Gasteiger partial charge in [0.1, 0.15) is 0 Å². The number of carbonyl (C=O) groups is 2. The lowest BCUT2D eigenvalue weighted by atomic mass is 10.1. The molecule has 0 aliphatic heterocycles. The van der Waals surface area contributed by atoms with Crippen LogP contribution in [0.15, 0.2) is 47.6 Å². The van der Waals surface area contributed by atoms with Gasteiger partial charge < -0.3 is 14.8 Å². The van der Waals surface area contributed by atoms with Crippen LogP contribution >= 0.6 is 0 Å². The zero-order chi connectivity index (χ0) is 19.8. The minimum absolute atomic E-state index is 0.0489. The number of hydrogen-bond donors (Lipinski definition) is 2. The van der Waals surface area contributed by atoms with Crippen LogP contribution in [-0.2, 0) is 4.79 Å². The fourth-order valence-corrected chi connectivity index (χ4v) is 2.13. The fourth-order valence-electron chi connectivity index (χ4n) is 2.13. The standard InChI is InChI=1S/C17H16N4O6/c1-11(22)27-14-9-8-12(15(21(24)25)16(14)26-2)10-18-20-17(23)19-13-6-4-3-5-7-13/h3-10H,1-2H3,(H2,19,20,23). The van der Waals surface area contributed by atoms with E-state index in [1.165, 1.54) is 19.2 Å². The van der Waals surface area contributed by atoms with Gasteiger partial charge in [-0.05, 0) is 24.3 Å². The van der Waals surface area contributed by atoms with Crippen molar-refractivity contribution in [1.82, 2.24) is 5.43 Å². The summed E-state index contributed by atoms with van der Waals surface area (Å²) in [7, 11) is 1.21. The summed E-state index contributed by atoms with van der Waals surface area (Å²) in [6.45, 7) is 1.16. The van der Waals surface area contributed by atoms with Gasteiger partial charge in [-0.2, -0.15) is 5.10 Å². The van der Waals surface area contributed by atoms with E-state index < -0.39 is 22.6 Å². The van der Waals surface area contributed by atoms with Gasteiger partial charge in [0.05, 0.1) is 23.8 Å². The number of carbonyl (C=O) groups excluding carboxylic acids is 2. The molecule has 10 nitrogen and oxygen atoms in total. The van der Waals surface area contributed by atoms with Crippen molar-refractivity contribution in [1.29, 1.82) is 0 Å². The Kier molecular flexibility index (Phi) is 6.42. The summed E-state index contributed by atoms with van der Waals surface area (Å²) < 4.78 is 9.90. The van der Waals surface area contributed by atoms with Gasteiger partial charge in [-0.1, -0.05) is 18.2 Å². The lowest BCUT2D eigenvalue weighted by Crippen LogP contribution is -2.24. The van der Waals surface area contributed by atoms with Crippen molar-refractivity contribution in [2.75, 3.05) is 12.4 Å². The monoisotopic (exact) mass is 372 g/mol. The van der Waals surface area contributed by atoms with Gasteiger partial charge in [-0.15, -0.1) is 0 Å². The average molecular weight is 372 g/mol. The Hall–Kier alpha value is -3.95. The molecule has 0 fully saturated rings. The normalized spacial score (nSPS) is 10.3. The minimum atomic E-state index is -0.697. The molecule has 10 heteroatoms. The lowest BCUT2D eigenvalue weighted by Gasteiger charge is -2.09. The third kappa shape index (κ3) is 5.26. The summed E-state index contributed by atoms with van der Waals surface area (Å²) in [6.07, 6.45) is 1.09. The van der Waals surface area contributed by atoms with Crippen molar-refractivity contribution in [3.63, 3.8) is 0 Å². The van der Waals surface area contributed by atoms with Crippen LogP contribution < -0.4 is 20.2 Å². The molecule has 2 N–H and O–H groups in total. The quantitative estimate of drug-likeness (QED) is 0.263. The number of hydrazone groups is 1. The smallest absolute Gasteiger partial charge is 0.339 e. The molecule has 0 aliphatic carbocycles. The summed E-state index contributed by atoms with van der Waals surface area (Å²) in [5.74, 6) is -0.972. The molecule has 0 atom stereocenters. The summed E-state index contributed by atoms with van der Waals surface area (Å²) in [5.41, 5.74) is 2.35. The zero-order valence-corrected chi connectivity index (χ0v) is 14.5. The number of nitro groups is 1. The number of benzene rings is 2. The maximum Gasteiger partial charge on any atom is 0.339 e. The molecule has 0 radical (unpaired) electrons. The first-order valence-electron chi connectivity index (χ1n) is 7.61. The first-order valence-corrected chi connectivity index (χ1v) is 7.61. The highest BCUT2D eigenvalue weighted by Crippen LogP contribution is 2.39. The van der Waals surface area contributed by atoms with E-state index in [0.717, 1.165) is 13.1 Å². The number of anilines is 1. The second kappa shape index (κ2) is 8.94. The lowest BCUT2D eigenvalue weighted by molar-refractivity contribution is -0.385. The predicted octanol–water partition coefficient (Wildman–Crippen LogP) is 2.68. The molecular weight excluding hydrogens is 356 g/mol. The Morgan fingerprint density at radius 3 is 2.48 bits per heavy atom. The molecule has 0 saturated heterocycles. The van der Waals surface area contributed by atoms with E-state index in [1.54, 1.807) is 30.3 Å². The fraction of sp³-hybridized carbons (Fsp3) is 0.118. The molecule has 2 rings (SSSR count). The van der Waals surface area contributed by atoms with Crippen LogP contribution in [0.3, 0.4) is 0 Å². The Morgan fingerprint density at radius 1 is 1.19 bits per heavy atom. The van der Waals surface area contributed by atoms with Gasteiger partial charge >= 0.3 is 17.7 Å². The van der Waals surface area contributed by atoms with Crippen LogP contribution in [0.2, 0.25) is 0 Å². The van der Waals surface area contributed by atoms with Crippen LogP contribution in [0.4, 0.5) is 16.2 Å². The third-order valence-electron chi connectivity index (χ3n) is 3.17. The highest BCUT2D eigenvalue weighted by Gasteiger charge is 2.25. The molecule has 0 spiro atoms. The Bertz CT molecular complexity index is 882. The molecule has 0 saturated carbocycles. The molecule has 2 amide bonds. The first kappa shape index (κ1) is 19.4. The zero-order valence-electron chi connectivity index (χ0n) is 14.5. The third-order valence-corrected chi connectivity index (χ3v) is 3.17. The summed E-state index contributed by atoms with van der Waals surface area (Å²) in [4.78, 5) is 33.6. The first-order chi connectivity index (χ1) is 12.9. The van der Waals surface area contributed by atoms with E-state index in [-0.39, 0.29) is 17.1 Å². The van der Waals surface area contributed by atoms with E-state index in [9.17, 15) is 19.7 Å². The summed E-state index contributed by atoms with van der Waals surface area (Å²) >= 11 is 0. The van der Waals surface area contributed by atoms with Gasteiger partial charge in [0.2, 0.25) is 5.75 Å². The Morgan fingerprint density at radius 2 is 1.89 bits per heavy atom. The maximum atomic E-state index is 11.8. The van der Waals surface area contributed by atoms with Gasteiger partial charge in [-0.3, -0.25) is 14.9 Å². The van der Waals surface area contributed by atoms with Crippen LogP contribution in [0.25, 0.3) is 0 Å². The van der Waals surface area contributed by atoms with E-state index in [4.69, 9.17) is 9.47 Å². The van der Waals surface area contributed by atoms with E-state index >= 15 is 0 Å². The number of rotatable bonds is 6. The molecule has 0 unspecified atom stereocenters. The number of ether oxygens (including phenoxy) is 2. The molecule has 2 aromatic rings. The van der Waals surface area contributed by atoms with Gasteiger partial charge in [0, 0.05) is 12.6 Å². The molecule has 27 heavy (non-hydrogen) atoms. The van der Waals surface area contributed by atoms with E-state index in [2.05, 4.69) is 15.8 Å². The topological polar surface area (TPSA) is 132 Å². The van der Waals surface area contributed by atoms with Gasteiger partial charge in [0.25, 0.3) is 0 Å². The molecule has 140 valence electrons. The summed E-state index contributed by atoms with van der Waals surface area (Å²) in [6, 6.07) is 10.7. The van der Waals surface area contributed by atoms with Crippen molar-refractivity contribution < 1.29 is 24.0 Å². The number of nitrogens with one attached hydrogen (secondary N) is 2. The van der Waals surface area contributed by atoms with E-state index in [1.807, 2.05) is 0 Å². The predicted molar refractivity (Wildman–Crippen MR) is 97.1 cm³/mol. The number of methoxy groups -OCH3 is 1. The maximum absolute atomic E-state index is 11.8. The average Bonchev–Trinajstić information content (AvgIpc) is 2.62. The van der Waals surface area contributed by atoms with Gasteiger partial charge in [0.15, 0.2) is 5.75 Å². The number of para-hydroxylation sites is 1. The minimum Gasteiger partial charge on any atom is -0.488 e.